The first-order chi connectivity index (χ1) is 15.3. The first-order valence-corrected chi connectivity index (χ1v) is 12.3. The predicted octanol–water partition coefficient (Wildman–Crippen LogP) is 6.29. The van der Waals surface area contributed by atoms with E-state index in [1.54, 1.807) is 43.0 Å². The van der Waals surface area contributed by atoms with E-state index in [9.17, 15) is 14.7 Å². The van der Waals surface area contributed by atoms with Crippen molar-refractivity contribution in [3.05, 3.63) is 53.1 Å². The number of carbonyl (C=O) groups is 2. The van der Waals surface area contributed by atoms with Gasteiger partial charge in [0.15, 0.2) is 0 Å². The van der Waals surface area contributed by atoms with Gasteiger partial charge in [0, 0.05) is 27.3 Å². The third-order valence-electron chi connectivity index (χ3n) is 5.10. The maximum absolute atomic E-state index is 11.9. The van der Waals surface area contributed by atoms with Gasteiger partial charge in [-0.2, -0.15) is 0 Å². The molecule has 0 radical (unpaired) electrons. The fourth-order valence-corrected chi connectivity index (χ4v) is 4.19. The summed E-state index contributed by atoms with van der Waals surface area (Å²) in [7, 11) is 0. The number of esters is 1. The molecule has 33 heavy (non-hydrogen) atoms. The van der Waals surface area contributed by atoms with Gasteiger partial charge in [-0.25, -0.2) is 4.79 Å². The number of hydrogen-bond acceptors (Lipinski definition) is 6. The highest BCUT2D eigenvalue weighted by Crippen LogP contribution is 2.41. The average Bonchev–Trinajstić information content (AvgIpc) is 2.72. The van der Waals surface area contributed by atoms with Gasteiger partial charge < -0.3 is 14.6 Å². The Bertz CT molecular complexity index is 930. The van der Waals surface area contributed by atoms with E-state index in [0.29, 0.717) is 18.1 Å². The number of thioether (sulfide) groups is 1. The molecule has 2 rings (SSSR count). The van der Waals surface area contributed by atoms with Crippen LogP contribution < -0.4 is 4.74 Å². The number of benzene rings is 2. The molecule has 6 heteroatoms. The Morgan fingerprint density at radius 2 is 1.48 bits per heavy atom. The van der Waals surface area contributed by atoms with Crippen LogP contribution in [0.5, 0.6) is 11.5 Å². The Hall–Kier alpha value is -2.47. The van der Waals surface area contributed by atoms with Crippen molar-refractivity contribution in [3.63, 3.8) is 0 Å². The molecule has 1 N–H and O–H groups in total. The molecule has 0 atom stereocenters. The van der Waals surface area contributed by atoms with Crippen molar-refractivity contribution in [2.24, 2.45) is 0 Å². The second-order valence-corrected chi connectivity index (χ2v) is 11.2. The molecule has 0 aliphatic carbocycles. The highest BCUT2D eigenvalue weighted by molar-refractivity contribution is 7.99. The highest BCUT2D eigenvalue weighted by Gasteiger charge is 2.26. The molecular weight excluding hydrogens is 436 g/mol. The van der Waals surface area contributed by atoms with E-state index >= 15 is 0 Å². The quantitative estimate of drug-likeness (QED) is 0.152. The lowest BCUT2D eigenvalue weighted by Crippen LogP contribution is -2.17. The van der Waals surface area contributed by atoms with Crippen LogP contribution in [-0.2, 0) is 20.4 Å². The lowest BCUT2D eigenvalue weighted by atomic mass is 9.79. The maximum Gasteiger partial charge on any atom is 0.379 e. The number of phenols is 1. The van der Waals surface area contributed by atoms with E-state index in [2.05, 4.69) is 53.7 Å². The number of Topliss-reactive ketones (excluding diaryl/α,β-unsaturated/α-hetero) is 1. The number of phenolic OH excluding ortho intramolecular Hbond substituents is 1. The Kier molecular flexibility index (Phi) is 9.01. The van der Waals surface area contributed by atoms with E-state index in [-0.39, 0.29) is 23.0 Å². The van der Waals surface area contributed by atoms with Gasteiger partial charge in [0.1, 0.15) is 11.5 Å². The van der Waals surface area contributed by atoms with Gasteiger partial charge in [-0.05, 0) is 60.6 Å². The van der Waals surface area contributed by atoms with Crippen LogP contribution >= 0.6 is 11.8 Å². The van der Waals surface area contributed by atoms with Crippen LogP contribution in [0.2, 0.25) is 0 Å². The average molecular weight is 473 g/mol. The Morgan fingerprint density at radius 3 is 1.97 bits per heavy atom. The fourth-order valence-electron chi connectivity index (χ4n) is 3.29. The Morgan fingerprint density at radius 1 is 0.939 bits per heavy atom. The molecule has 0 aliphatic rings. The largest absolute Gasteiger partial charge is 0.507 e. The lowest BCUT2D eigenvalue weighted by Gasteiger charge is -2.28. The summed E-state index contributed by atoms with van der Waals surface area (Å²) in [6, 6.07) is 10.7. The minimum absolute atomic E-state index is 0.148. The predicted molar refractivity (Wildman–Crippen MR) is 134 cm³/mol. The van der Waals surface area contributed by atoms with Crippen LogP contribution in [-0.4, -0.2) is 35.8 Å². The number of ether oxygens (including phenoxy) is 2. The monoisotopic (exact) mass is 472 g/mol. The summed E-state index contributed by atoms with van der Waals surface area (Å²) in [5.74, 6) is 0.416. The van der Waals surface area contributed by atoms with Crippen LogP contribution in [0.3, 0.4) is 0 Å². The summed E-state index contributed by atoms with van der Waals surface area (Å²) in [6.45, 7) is 15.0. The number of aromatic hydroxyl groups is 1. The SMILES string of the molecule is CCOC(=O)C(=O)c1ccc(OCCCSc2cc(C(C)(C)C)c(O)c(C(C)(C)C)c2)cc1. The third-order valence-corrected chi connectivity index (χ3v) is 6.16. The van der Waals surface area contributed by atoms with E-state index in [1.807, 2.05) is 0 Å². The maximum atomic E-state index is 11.9. The van der Waals surface area contributed by atoms with Gasteiger partial charge in [-0.15, -0.1) is 11.8 Å². The van der Waals surface area contributed by atoms with Crippen molar-refractivity contribution in [1.82, 2.24) is 0 Å². The normalized spacial score (nSPS) is 11.8. The topological polar surface area (TPSA) is 72.8 Å². The van der Waals surface area contributed by atoms with Gasteiger partial charge in [0.05, 0.1) is 13.2 Å². The second kappa shape index (κ2) is 11.1. The molecule has 0 amide bonds. The molecule has 5 nitrogen and oxygen atoms in total. The molecule has 0 fully saturated rings. The fraction of sp³-hybridized carbons (Fsp3) is 0.481. The van der Waals surface area contributed by atoms with Crippen LogP contribution in [0.25, 0.3) is 0 Å². The number of hydrogen-bond donors (Lipinski definition) is 1. The van der Waals surface area contributed by atoms with E-state index in [4.69, 9.17) is 9.47 Å². The number of carbonyl (C=O) groups excluding carboxylic acids is 2. The third kappa shape index (κ3) is 7.53. The van der Waals surface area contributed by atoms with Gasteiger partial charge in [-0.1, -0.05) is 41.5 Å². The molecule has 0 aliphatic heterocycles. The molecule has 0 saturated carbocycles. The van der Waals surface area contributed by atoms with Crippen LogP contribution in [0.1, 0.15) is 76.4 Å². The lowest BCUT2D eigenvalue weighted by molar-refractivity contribution is -0.137. The van der Waals surface area contributed by atoms with Crippen molar-refractivity contribution in [1.29, 1.82) is 0 Å². The van der Waals surface area contributed by atoms with Gasteiger partial charge in [-0.3, -0.25) is 4.79 Å². The molecule has 0 heterocycles. The zero-order chi connectivity index (χ0) is 24.8. The molecule has 2 aromatic rings. The molecular formula is C27H36O5S. The van der Waals surface area contributed by atoms with E-state index in [1.165, 1.54) is 0 Å². The van der Waals surface area contributed by atoms with Crippen LogP contribution in [0.15, 0.2) is 41.3 Å². The van der Waals surface area contributed by atoms with Gasteiger partial charge in [0.25, 0.3) is 5.78 Å². The van der Waals surface area contributed by atoms with Gasteiger partial charge in [0.2, 0.25) is 0 Å². The molecule has 0 spiro atoms. The molecule has 0 unspecified atom stereocenters. The number of ketones is 1. The van der Waals surface area contributed by atoms with Crippen LogP contribution in [0.4, 0.5) is 0 Å². The smallest absolute Gasteiger partial charge is 0.379 e. The zero-order valence-electron chi connectivity index (χ0n) is 20.8. The summed E-state index contributed by atoms with van der Waals surface area (Å²) < 4.78 is 10.5. The standard InChI is InChI=1S/C27H36O5S/c1-8-31-25(30)23(28)18-10-12-19(13-11-18)32-14-9-15-33-20-16-21(26(2,3)4)24(29)22(17-20)27(5,6)7/h10-13,16-17,29H,8-9,14-15H2,1-7H3. The van der Waals surface area contributed by atoms with Crippen molar-refractivity contribution in [2.45, 2.75) is 70.6 Å². The summed E-state index contributed by atoms with van der Waals surface area (Å²) in [4.78, 5) is 24.6. The second-order valence-electron chi connectivity index (χ2n) is 9.99. The van der Waals surface area contributed by atoms with E-state index < -0.39 is 11.8 Å². The van der Waals surface area contributed by atoms with Gasteiger partial charge >= 0.3 is 5.97 Å². The van der Waals surface area contributed by atoms with Crippen molar-refractivity contribution >= 4 is 23.5 Å². The summed E-state index contributed by atoms with van der Waals surface area (Å²) in [5.41, 5.74) is 1.92. The first kappa shape index (κ1) is 26.8. The summed E-state index contributed by atoms with van der Waals surface area (Å²) in [5, 5.41) is 10.9. The number of rotatable bonds is 9. The first-order valence-electron chi connectivity index (χ1n) is 11.3. The molecule has 2 aromatic carbocycles. The Balaban J connectivity index is 1.94. The summed E-state index contributed by atoms with van der Waals surface area (Å²) in [6.07, 6.45) is 0.838. The van der Waals surface area contributed by atoms with E-state index in [0.717, 1.165) is 28.2 Å². The summed E-state index contributed by atoms with van der Waals surface area (Å²) >= 11 is 1.75. The Labute approximate surface area is 201 Å². The molecule has 0 bridgehead atoms. The molecule has 0 saturated heterocycles. The molecule has 180 valence electrons. The van der Waals surface area contributed by atoms with Crippen molar-refractivity contribution in [3.8, 4) is 11.5 Å². The highest BCUT2D eigenvalue weighted by atomic mass is 32.2. The van der Waals surface area contributed by atoms with Crippen molar-refractivity contribution < 1.29 is 24.2 Å². The van der Waals surface area contributed by atoms with Crippen LogP contribution in [0, 0.1) is 0 Å². The zero-order valence-corrected chi connectivity index (χ0v) is 21.6. The minimum Gasteiger partial charge on any atom is -0.507 e. The minimum atomic E-state index is -0.846. The molecule has 0 aromatic heterocycles. The van der Waals surface area contributed by atoms with Crippen molar-refractivity contribution in [2.75, 3.05) is 19.0 Å².